The van der Waals surface area contributed by atoms with Gasteiger partial charge in [0.05, 0.1) is 12.8 Å². The van der Waals surface area contributed by atoms with E-state index in [0.717, 1.165) is 22.9 Å². The van der Waals surface area contributed by atoms with Crippen LogP contribution in [0.3, 0.4) is 0 Å². The lowest BCUT2D eigenvalue weighted by molar-refractivity contribution is 0.0955. The number of nitrogens with zero attached hydrogens (tertiary/aromatic N) is 1. The fourth-order valence-corrected chi connectivity index (χ4v) is 2.75. The van der Waals surface area contributed by atoms with Gasteiger partial charge < -0.3 is 9.84 Å². The summed E-state index contributed by atoms with van der Waals surface area (Å²) in [4.78, 5) is 12.3. The quantitative estimate of drug-likeness (QED) is 0.462. The zero-order chi connectivity index (χ0) is 19.9. The minimum atomic E-state index is -0.329. The van der Waals surface area contributed by atoms with Gasteiger partial charge in [-0.2, -0.15) is 5.10 Å². The predicted molar refractivity (Wildman–Crippen MR) is 112 cm³/mol. The second-order valence-electron chi connectivity index (χ2n) is 6.97. The van der Waals surface area contributed by atoms with Crippen molar-refractivity contribution in [3.8, 4) is 11.5 Å². The Morgan fingerprint density at radius 3 is 2.61 bits per heavy atom. The Morgan fingerprint density at radius 2 is 1.86 bits per heavy atom. The summed E-state index contributed by atoms with van der Waals surface area (Å²) in [5, 5.41) is 16.0. The number of phenolic OH excluding ortho intramolecular Hbond substituents is 1. The molecule has 1 amide bonds. The lowest BCUT2D eigenvalue weighted by Crippen LogP contribution is -2.17. The number of hydrogen-bond acceptors (Lipinski definition) is 4. The number of rotatable bonds is 7. The van der Waals surface area contributed by atoms with E-state index >= 15 is 0 Å². The molecule has 2 N–H and O–H groups in total. The zero-order valence-corrected chi connectivity index (χ0v) is 16.1. The number of amides is 1. The molecule has 0 heterocycles. The highest BCUT2D eigenvalue weighted by Crippen LogP contribution is 2.25. The van der Waals surface area contributed by atoms with Gasteiger partial charge in [0.25, 0.3) is 5.91 Å². The van der Waals surface area contributed by atoms with Crippen LogP contribution in [-0.4, -0.2) is 23.8 Å². The van der Waals surface area contributed by atoms with Crippen molar-refractivity contribution in [2.75, 3.05) is 6.61 Å². The molecule has 0 aliphatic carbocycles. The Balaban J connectivity index is 1.63. The molecule has 144 valence electrons. The number of hydrogen-bond donors (Lipinski definition) is 2. The summed E-state index contributed by atoms with van der Waals surface area (Å²) in [7, 11) is 0. The van der Waals surface area contributed by atoms with Crippen LogP contribution in [0.25, 0.3) is 10.8 Å². The van der Waals surface area contributed by atoms with Crippen molar-refractivity contribution < 1.29 is 14.6 Å². The Labute approximate surface area is 164 Å². The van der Waals surface area contributed by atoms with Crippen LogP contribution in [0, 0.1) is 5.92 Å². The molecule has 0 saturated carbocycles. The predicted octanol–water partition coefficient (Wildman–Crippen LogP) is 4.73. The number of carbonyl (C=O) groups is 1. The van der Waals surface area contributed by atoms with Crippen molar-refractivity contribution in [2.45, 2.75) is 20.3 Å². The smallest absolute Gasteiger partial charge is 0.271 e. The lowest BCUT2D eigenvalue weighted by atomic mass is 10.0. The molecule has 0 spiro atoms. The van der Waals surface area contributed by atoms with Crippen molar-refractivity contribution in [1.29, 1.82) is 0 Å². The summed E-state index contributed by atoms with van der Waals surface area (Å²) in [5.74, 6) is 1.11. The van der Waals surface area contributed by atoms with Crippen molar-refractivity contribution in [2.24, 2.45) is 11.0 Å². The summed E-state index contributed by atoms with van der Waals surface area (Å²) in [5.41, 5.74) is 3.54. The van der Waals surface area contributed by atoms with Crippen LogP contribution < -0.4 is 10.2 Å². The standard InChI is InChI=1S/C23H24N2O3/c1-16(2)13-14-28-19-10-7-18(8-11-19)23(27)25-24-15-21-20-6-4-3-5-17(20)9-12-22(21)26/h3-12,15-16,26H,13-14H2,1-2H3,(H,25,27)/b24-15+. The average molecular weight is 376 g/mol. The van der Waals surface area contributed by atoms with E-state index in [1.54, 1.807) is 30.3 Å². The second-order valence-corrected chi connectivity index (χ2v) is 6.97. The van der Waals surface area contributed by atoms with Gasteiger partial charge in [-0.05, 0) is 53.4 Å². The van der Waals surface area contributed by atoms with E-state index in [1.165, 1.54) is 6.21 Å². The zero-order valence-electron chi connectivity index (χ0n) is 16.1. The van der Waals surface area contributed by atoms with Gasteiger partial charge in [-0.15, -0.1) is 0 Å². The topological polar surface area (TPSA) is 70.9 Å². The monoisotopic (exact) mass is 376 g/mol. The van der Waals surface area contributed by atoms with E-state index in [1.807, 2.05) is 30.3 Å². The maximum absolute atomic E-state index is 12.3. The molecule has 0 aliphatic rings. The summed E-state index contributed by atoms with van der Waals surface area (Å²) >= 11 is 0. The minimum absolute atomic E-state index is 0.111. The molecule has 28 heavy (non-hydrogen) atoms. The molecule has 5 heteroatoms. The van der Waals surface area contributed by atoms with Crippen molar-refractivity contribution in [3.05, 3.63) is 71.8 Å². The molecular formula is C23H24N2O3. The molecule has 3 aromatic rings. The lowest BCUT2D eigenvalue weighted by Gasteiger charge is -2.08. The molecule has 0 bridgehead atoms. The number of ether oxygens (including phenoxy) is 1. The highest BCUT2D eigenvalue weighted by molar-refractivity contribution is 6.03. The molecular weight excluding hydrogens is 352 g/mol. The average Bonchev–Trinajstić information content (AvgIpc) is 2.70. The Bertz CT molecular complexity index is 979. The number of phenols is 1. The summed E-state index contributed by atoms with van der Waals surface area (Å²) in [6.07, 6.45) is 2.44. The van der Waals surface area contributed by atoms with Crippen molar-refractivity contribution in [1.82, 2.24) is 5.43 Å². The van der Waals surface area contributed by atoms with E-state index in [0.29, 0.717) is 23.7 Å². The van der Waals surface area contributed by atoms with Crippen LogP contribution in [-0.2, 0) is 0 Å². The van der Waals surface area contributed by atoms with Gasteiger partial charge in [0.1, 0.15) is 11.5 Å². The van der Waals surface area contributed by atoms with E-state index in [-0.39, 0.29) is 11.7 Å². The van der Waals surface area contributed by atoms with E-state index in [4.69, 9.17) is 4.74 Å². The highest BCUT2D eigenvalue weighted by Gasteiger charge is 2.07. The third-order valence-electron chi connectivity index (χ3n) is 4.39. The summed E-state index contributed by atoms with van der Waals surface area (Å²) < 4.78 is 5.66. The molecule has 3 aromatic carbocycles. The van der Waals surface area contributed by atoms with Crippen LogP contribution in [0.15, 0.2) is 65.8 Å². The number of hydrazone groups is 1. The third kappa shape index (κ3) is 4.88. The number of nitrogens with one attached hydrogen (secondary N) is 1. The van der Waals surface area contributed by atoms with Crippen LogP contribution >= 0.6 is 0 Å². The summed E-state index contributed by atoms with van der Waals surface area (Å²) in [6.45, 7) is 4.95. The Hall–Kier alpha value is -3.34. The molecule has 0 saturated heterocycles. The Morgan fingerprint density at radius 1 is 1.11 bits per heavy atom. The van der Waals surface area contributed by atoms with Crippen molar-refractivity contribution >= 4 is 22.9 Å². The molecule has 5 nitrogen and oxygen atoms in total. The molecule has 0 radical (unpaired) electrons. The number of aromatic hydroxyl groups is 1. The van der Waals surface area contributed by atoms with Crippen LogP contribution in [0.2, 0.25) is 0 Å². The van der Waals surface area contributed by atoms with E-state index in [9.17, 15) is 9.90 Å². The molecule has 0 aromatic heterocycles. The van der Waals surface area contributed by atoms with E-state index < -0.39 is 0 Å². The number of benzene rings is 3. The first kappa shape index (κ1) is 19.4. The fraction of sp³-hybridized carbons (Fsp3) is 0.217. The van der Waals surface area contributed by atoms with Gasteiger partial charge >= 0.3 is 0 Å². The van der Waals surface area contributed by atoms with Gasteiger partial charge in [0, 0.05) is 11.1 Å². The maximum atomic E-state index is 12.3. The molecule has 0 atom stereocenters. The SMILES string of the molecule is CC(C)CCOc1ccc(C(=O)N/N=C/c2c(O)ccc3ccccc23)cc1. The fourth-order valence-electron chi connectivity index (χ4n) is 2.75. The van der Waals surface area contributed by atoms with Gasteiger partial charge in [-0.1, -0.05) is 44.2 Å². The van der Waals surface area contributed by atoms with Gasteiger partial charge in [0.15, 0.2) is 0 Å². The molecule has 3 rings (SSSR count). The first-order valence-electron chi connectivity index (χ1n) is 9.31. The molecule has 0 fully saturated rings. The van der Waals surface area contributed by atoms with Gasteiger partial charge in [-0.25, -0.2) is 5.43 Å². The van der Waals surface area contributed by atoms with Crippen LogP contribution in [0.1, 0.15) is 36.2 Å². The number of carbonyl (C=O) groups excluding carboxylic acids is 1. The van der Waals surface area contributed by atoms with Crippen molar-refractivity contribution in [3.63, 3.8) is 0 Å². The largest absolute Gasteiger partial charge is 0.507 e. The van der Waals surface area contributed by atoms with Crippen LogP contribution in [0.4, 0.5) is 0 Å². The third-order valence-corrected chi connectivity index (χ3v) is 4.39. The Kier molecular flexibility index (Phi) is 6.27. The highest BCUT2D eigenvalue weighted by atomic mass is 16.5. The van der Waals surface area contributed by atoms with E-state index in [2.05, 4.69) is 24.4 Å². The summed E-state index contributed by atoms with van der Waals surface area (Å²) in [6, 6.07) is 18.1. The van der Waals surface area contributed by atoms with Gasteiger partial charge in [0.2, 0.25) is 0 Å². The first-order valence-corrected chi connectivity index (χ1v) is 9.31. The van der Waals surface area contributed by atoms with Gasteiger partial charge in [-0.3, -0.25) is 4.79 Å². The normalized spacial score (nSPS) is 11.2. The number of fused-ring (bicyclic) bond motifs is 1. The first-order chi connectivity index (χ1) is 13.5. The molecule has 0 aliphatic heterocycles. The van der Waals surface area contributed by atoms with Crippen LogP contribution in [0.5, 0.6) is 11.5 Å². The minimum Gasteiger partial charge on any atom is -0.507 e. The molecule has 0 unspecified atom stereocenters. The maximum Gasteiger partial charge on any atom is 0.271 e. The second kappa shape index (κ2) is 9.04.